The standard InChI is InChI=1S/C25H26N10O7S3/c1-27-14(21(38)39)7-35-24(30-32-33-35)45-12-25(22(40)41)10-34-19(37)17(20(34)44-11-25)29-18(36)16(15-9-43-23(26)28-15)31-42-8-13-5-3-2-4-6-13/h2-6,9,17,20H,7-8,10-12H2,1H3,(H2,26,28)(H,29,36)(H,38,39)(H,40,41)/t17?,20-,25?/m1/s1. The van der Waals surface area contributed by atoms with Gasteiger partial charge in [0.1, 0.15) is 34.8 Å². The number of oxime groups is 1. The van der Waals surface area contributed by atoms with Crippen LogP contribution in [-0.4, -0.2) is 112 Å². The van der Waals surface area contributed by atoms with Gasteiger partial charge < -0.3 is 31.0 Å². The van der Waals surface area contributed by atoms with Crippen LogP contribution in [-0.2, 0) is 37.2 Å². The van der Waals surface area contributed by atoms with E-state index < -0.39 is 40.6 Å². The fourth-order valence-electron chi connectivity index (χ4n) is 4.44. The zero-order valence-corrected chi connectivity index (χ0v) is 25.9. The molecule has 2 saturated heterocycles. The molecule has 5 rings (SSSR count). The van der Waals surface area contributed by atoms with Crippen LogP contribution in [0, 0.1) is 5.41 Å². The van der Waals surface area contributed by atoms with E-state index in [1.165, 1.54) is 28.4 Å². The molecule has 0 saturated carbocycles. The van der Waals surface area contributed by atoms with Gasteiger partial charge in [-0.1, -0.05) is 47.2 Å². The summed E-state index contributed by atoms with van der Waals surface area (Å²) in [5.74, 6) is -3.37. The minimum Gasteiger partial charge on any atom is -0.481 e. The molecule has 2 aromatic heterocycles. The molecule has 0 bridgehead atoms. The normalized spacial score (nSPS) is 21.5. The van der Waals surface area contributed by atoms with Gasteiger partial charge in [-0.15, -0.1) is 28.2 Å². The average Bonchev–Trinajstić information content (AvgIpc) is 3.67. The second-order valence-corrected chi connectivity index (χ2v) is 12.8. The van der Waals surface area contributed by atoms with Gasteiger partial charge >= 0.3 is 11.9 Å². The summed E-state index contributed by atoms with van der Waals surface area (Å²) >= 11 is 3.37. The Bertz CT molecular complexity index is 1660. The summed E-state index contributed by atoms with van der Waals surface area (Å²) in [7, 11) is 1.33. The van der Waals surface area contributed by atoms with Crippen molar-refractivity contribution in [1.82, 2.24) is 35.4 Å². The molecule has 2 amide bonds. The Balaban J connectivity index is 1.24. The topological polar surface area (TPSA) is 240 Å². The van der Waals surface area contributed by atoms with Crippen LogP contribution in [0.25, 0.3) is 0 Å². The number of fused-ring (bicyclic) bond motifs is 1. The minimum atomic E-state index is -1.36. The predicted molar refractivity (Wildman–Crippen MR) is 164 cm³/mol. The first kappa shape index (κ1) is 31.9. The number of anilines is 1. The maximum Gasteiger partial charge on any atom is 0.351 e. The number of nitrogens with two attached hydrogens (primary N) is 1. The lowest BCUT2D eigenvalue weighted by Crippen LogP contribution is -2.74. The molecule has 2 aliphatic rings. The number of carbonyl (C=O) groups is 4. The third-order valence-corrected chi connectivity index (χ3v) is 10.4. The molecule has 17 nitrogen and oxygen atoms in total. The third kappa shape index (κ3) is 6.91. The van der Waals surface area contributed by atoms with Gasteiger partial charge in [0.05, 0.1) is 6.54 Å². The van der Waals surface area contributed by atoms with Crippen molar-refractivity contribution >= 4 is 75.2 Å². The lowest BCUT2D eigenvalue weighted by atomic mass is 9.89. The van der Waals surface area contributed by atoms with Crippen molar-refractivity contribution in [2.24, 2.45) is 15.6 Å². The predicted octanol–water partition coefficient (Wildman–Crippen LogP) is 0.0513. The van der Waals surface area contributed by atoms with Crippen molar-refractivity contribution in [2.75, 3.05) is 30.8 Å². The number of nitrogen functional groups attached to an aromatic ring is 1. The number of tetrazole rings is 1. The van der Waals surface area contributed by atoms with Gasteiger partial charge in [-0.05, 0) is 16.0 Å². The second kappa shape index (κ2) is 13.6. The molecule has 45 heavy (non-hydrogen) atoms. The summed E-state index contributed by atoms with van der Waals surface area (Å²) < 4.78 is 1.22. The van der Waals surface area contributed by atoms with Crippen molar-refractivity contribution in [3.05, 3.63) is 47.0 Å². The molecule has 1 aromatic carbocycles. The van der Waals surface area contributed by atoms with Crippen LogP contribution in [0.5, 0.6) is 0 Å². The first-order chi connectivity index (χ1) is 21.6. The Morgan fingerprint density at radius 2 is 2.04 bits per heavy atom. The molecule has 0 radical (unpaired) electrons. The van der Waals surface area contributed by atoms with Crippen LogP contribution in [0.15, 0.2) is 51.0 Å². The quantitative estimate of drug-likeness (QED) is 0.0811. The van der Waals surface area contributed by atoms with Crippen molar-refractivity contribution in [3.63, 3.8) is 0 Å². The number of aromatic nitrogens is 5. The number of aliphatic carboxylic acids is 2. The Morgan fingerprint density at radius 1 is 1.27 bits per heavy atom. The number of nitrogens with zero attached hydrogens (tertiary/aromatic N) is 8. The minimum absolute atomic E-state index is 0.00425. The average molecular weight is 675 g/mol. The zero-order chi connectivity index (χ0) is 32.1. The number of carboxylic acid groups (broad SMARTS) is 2. The fraction of sp³-hybridized carbons (Fsp3) is 0.360. The highest BCUT2D eigenvalue weighted by atomic mass is 32.2. The molecule has 236 valence electrons. The van der Waals surface area contributed by atoms with Crippen molar-refractivity contribution in [2.45, 2.75) is 29.7 Å². The van der Waals surface area contributed by atoms with Crippen LogP contribution < -0.4 is 11.1 Å². The van der Waals surface area contributed by atoms with E-state index in [9.17, 15) is 29.4 Å². The van der Waals surface area contributed by atoms with Gasteiger partial charge in [-0.2, -0.15) is 0 Å². The number of thiazole rings is 1. The Kier molecular flexibility index (Phi) is 9.63. The number of hydrogen-bond acceptors (Lipinski definition) is 15. The number of β-lactam (4-membered cyclic amide) rings is 1. The number of thioether (sulfide) groups is 2. The number of carboxylic acids is 2. The maximum absolute atomic E-state index is 13.3. The van der Waals surface area contributed by atoms with E-state index in [0.717, 1.165) is 28.7 Å². The summed E-state index contributed by atoms with van der Waals surface area (Å²) in [6.07, 6.45) is 0. The first-order valence-electron chi connectivity index (χ1n) is 13.1. The van der Waals surface area contributed by atoms with E-state index in [0.29, 0.717) is 0 Å². The summed E-state index contributed by atoms with van der Waals surface area (Å²) in [5, 5.41) is 38.9. The lowest BCUT2D eigenvalue weighted by molar-refractivity contribution is -0.157. The number of amides is 2. The van der Waals surface area contributed by atoms with Crippen molar-refractivity contribution in [1.29, 1.82) is 0 Å². The highest BCUT2D eigenvalue weighted by molar-refractivity contribution is 8.00. The van der Waals surface area contributed by atoms with Gasteiger partial charge in [-0.3, -0.25) is 19.4 Å². The van der Waals surface area contributed by atoms with Crippen LogP contribution in [0.4, 0.5) is 5.13 Å². The SMILES string of the molecule is CN=C(Cn1nnnc1SCC1(C(=O)O)CS[C@@H]2C(NC(=O)C(=NOCc3ccccc3)c3csc(N)n3)C(=O)N2C1)C(=O)O. The summed E-state index contributed by atoms with van der Waals surface area (Å²) in [4.78, 5) is 65.0. The van der Waals surface area contributed by atoms with E-state index >= 15 is 0 Å². The van der Waals surface area contributed by atoms with Crippen molar-refractivity contribution < 1.29 is 34.2 Å². The summed E-state index contributed by atoms with van der Waals surface area (Å²) in [5.41, 5.74) is 5.09. The number of hydrogen-bond donors (Lipinski definition) is 4. The lowest BCUT2D eigenvalue weighted by Gasteiger charge is -2.53. The molecule has 4 heterocycles. The number of aliphatic imine (C=N–C) groups is 1. The van der Waals surface area contributed by atoms with E-state index in [-0.39, 0.29) is 58.6 Å². The van der Waals surface area contributed by atoms with Crippen LogP contribution >= 0.6 is 34.9 Å². The molecule has 2 fully saturated rings. The largest absolute Gasteiger partial charge is 0.481 e. The fourth-order valence-corrected chi connectivity index (χ4v) is 7.73. The summed E-state index contributed by atoms with van der Waals surface area (Å²) in [6.45, 7) is -0.221. The third-order valence-electron chi connectivity index (χ3n) is 6.89. The van der Waals surface area contributed by atoms with Gasteiger partial charge in [0.15, 0.2) is 10.8 Å². The van der Waals surface area contributed by atoms with Crippen molar-refractivity contribution in [3.8, 4) is 0 Å². The molecule has 5 N–H and O–H groups in total. The van der Waals surface area contributed by atoms with Crippen LogP contribution in [0.2, 0.25) is 0 Å². The molecule has 2 aliphatic heterocycles. The Hall–Kier alpha value is -4.56. The molecular weight excluding hydrogens is 649 g/mol. The monoisotopic (exact) mass is 674 g/mol. The van der Waals surface area contributed by atoms with Gasteiger partial charge in [0.25, 0.3) is 5.91 Å². The summed E-state index contributed by atoms with van der Waals surface area (Å²) in [6, 6.07) is 8.30. The first-order valence-corrected chi connectivity index (χ1v) is 16.0. The van der Waals surface area contributed by atoms with Gasteiger partial charge in [-0.25, -0.2) is 14.5 Å². The zero-order valence-electron chi connectivity index (χ0n) is 23.5. The molecular formula is C25H26N10O7S3. The molecule has 20 heteroatoms. The molecule has 0 spiro atoms. The molecule has 3 aromatic rings. The second-order valence-electron chi connectivity index (χ2n) is 9.86. The van der Waals surface area contributed by atoms with E-state index in [1.54, 1.807) is 5.38 Å². The van der Waals surface area contributed by atoms with Gasteiger partial charge in [0, 0.05) is 30.5 Å². The van der Waals surface area contributed by atoms with E-state index in [2.05, 4.69) is 36.0 Å². The van der Waals surface area contributed by atoms with E-state index in [1.807, 2.05) is 30.3 Å². The molecule has 3 atom stereocenters. The number of benzene rings is 1. The van der Waals surface area contributed by atoms with Gasteiger partial charge in [0.2, 0.25) is 11.1 Å². The Morgan fingerprint density at radius 3 is 2.71 bits per heavy atom. The van der Waals surface area contributed by atoms with E-state index in [4.69, 9.17) is 10.6 Å². The number of carbonyl (C=O) groups excluding carboxylic acids is 2. The molecule has 2 unspecified atom stereocenters. The van der Waals surface area contributed by atoms with Crippen LogP contribution in [0.3, 0.4) is 0 Å². The number of rotatable bonds is 13. The maximum atomic E-state index is 13.3. The Labute approximate surface area is 267 Å². The smallest absolute Gasteiger partial charge is 0.351 e. The van der Waals surface area contributed by atoms with Crippen LogP contribution in [0.1, 0.15) is 11.3 Å². The highest BCUT2D eigenvalue weighted by Crippen LogP contribution is 2.44. The highest BCUT2D eigenvalue weighted by Gasteiger charge is 2.57. The number of nitrogens with one attached hydrogen (secondary N) is 1. The molecule has 0 aliphatic carbocycles.